The van der Waals surface area contributed by atoms with Gasteiger partial charge in [0.1, 0.15) is 6.33 Å². The Hall–Kier alpha value is -1.63. The number of nitrogens with zero attached hydrogens (tertiary/aromatic N) is 4. The molecule has 2 saturated carbocycles. The fourth-order valence-electron chi connectivity index (χ4n) is 3.91. The van der Waals surface area contributed by atoms with E-state index in [-0.39, 0.29) is 18.2 Å². The van der Waals surface area contributed by atoms with E-state index in [0.717, 1.165) is 12.8 Å². The van der Waals surface area contributed by atoms with Gasteiger partial charge in [-0.25, -0.2) is 14.5 Å². The molecule has 2 heterocycles. The van der Waals surface area contributed by atoms with Crippen molar-refractivity contribution in [3.8, 4) is 0 Å². The van der Waals surface area contributed by atoms with Crippen LogP contribution in [0.25, 0.3) is 0 Å². The van der Waals surface area contributed by atoms with Gasteiger partial charge in [0.25, 0.3) is 0 Å². The molecule has 1 aromatic rings. The van der Waals surface area contributed by atoms with E-state index in [2.05, 4.69) is 15.4 Å². The standard InChI is InChI=1S/C17H27N5O2/c1-12-9-21(10-15(24-12)13-7-8-13)17(23)19-16-18-11-22(20-16)14-5-3-2-4-6-14/h11-15H,2-10H2,1H3,(H,19,20,23)/t12-,15-/m1/s1. The van der Waals surface area contributed by atoms with Crippen LogP contribution in [0.4, 0.5) is 10.7 Å². The summed E-state index contributed by atoms with van der Waals surface area (Å²) in [7, 11) is 0. The van der Waals surface area contributed by atoms with Crippen LogP contribution in [0.1, 0.15) is 57.9 Å². The summed E-state index contributed by atoms with van der Waals surface area (Å²) in [5, 5.41) is 7.33. The number of carbonyl (C=O) groups is 1. The predicted octanol–water partition coefficient (Wildman–Crippen LogP) is 2.81. The van der Waals surface area contributed by atoms with Crippen molar-refractivity contribution < 1.29 is 9.53 Å². The monoisotopic (exact) mass is 333 g/mol. The molecule has 24 heavy (non-hydrogen) atoms. The molecule has 0 bridgehead atoms. The maximum absolute atomic E-state index is 12.6. The first kappa shape index (κ1) is 15.9. The molecule has 7 nitrogen and oxygen atoms in total. The summed E-state index contributed by atoms with van der Waals surface area (Å²) in [6, 6.07) is 0.316. The lowest BCUT2D eigenvalue weighted by atomic mass is 9.96. The van der Waals surface area contributed by atoms with Gasteiger partial charge in [-0.2, -0.15) is 0 Å². The number of ether oxygens (including phenoxy) is 1. The zero-order valence-corrected chi connectivity index (χ0v) is 14.4. The third kappa shape index (κ3) is 3.55. The Morgan fingerprint density at radius 1 is 1.21 bits per heavy atom. The van der Waals surface area contributed by atoms with E-state index in [1.54, 1.807) is 6.33 Å². The van der Waals surface area contributed by atoms with Crippen LogP contribution in [0.15, 0.2) is 6.33 Å². The van der Waals surface area contributed by atoms with E-state index in [1.165, 1.54) is 32.1 Å². The van der Waals surface area contributed by atoms with E-state index in [9.17, 15) is 4.79 Å². The first-order valence-corrected chi connectivity index (χ1v) is 9.31. The Morgan fingerprint density at radius 2 is 2.00 bits per heavy atom. The Bertz CT molecular complexity index is 579. The Kier molecular flexibility index (Phi) is 4.43. The molecule has 1 aromatic heterocycles. The number of urea groups is 1. The molecule has 132 valence electrons. The van der Waals surface area contributed by atoms with Gasteiger partial charge in [0.2, 0.25) is 5.95 Å². The molecule has 0 spiro atoms. The van der Waals surface area contributed by atoms with Crippen LogP contribution in [-0.4, -0.2) is 51.0 Å². The molecule has 3 fully saturated rings. The van der Waals surface area contributed by atoms with Crippen LogP contribution in [0.2, 0.25) is 0 Å². The number of aromatic nitrogens is 3. The second-order valence-corrected chi connectivity index (χ2v) is 7.50. The molecule has 1 saturated heterocycles. The average molecular weight is 333 g/mol. The Labute approximate surface area is 142 Å². The van der Waals surface area contributed by atoms with Crippen LogP contribution in [0.5, 0.6) is 0 Å². The van der Waals surface area contributed by atoms with Crippen molar-refractivity contribution in [2.75, 3.05) is 18.4 Å². The number of rotatable bonds is 3. The van der Waals surface area contributed by atoms with Crippen LogP contribution in [-0.2, 0) is 4.74 Å². The molecule has 1 aliphatic heterocycles. The van der Waals surface area contributed by atoms with Crippen LogP contribution in [0, 0.1) is 5.92 Å². The molecule has 0 radical (unpaired) electrons. The highest BCUT2D eigenvalue weighted by molar-refractivity contribution is 5.87. The lowest BCUT2D eigenvalue weighted by molar-refractivity contribution is -0.0718. The normalized spacial score (nSPS) is 28.8. The SMILES string of the molecule is C[C@@H]1CN(C(=O)Nc2ncn(C3CCCCC3)n2)C[C@H](C2CC2)O1. The van der Waals surface area contributed by atoms with Gasteiger partial charge in [0.05, 0.1) is 18.2 Å². The summed E-state index contributed by atoms with van der Waals surface area (Å²) in [4.78, 5) is 18.7. The van der Waals surface area contributed by atoms with E-state index in [0.29, 0.717) is 31.0 Å². The molecule has 4 rings (SSSR count). The largest absolute Gasteiger partial charge is 0.371 e. The van der Waals surface area contributed by atoms with Gasteiger partial charge >= 0.3 is 6.03 Å². The van der Waals surface area contributed by atoms with Gasteiger partial charge in [0.15, 0.2) is 0 Å². The molecule has 1 N–H and O–H groups in total. The van der Waals surface area contributed by atoms with Crippen molar-refractivity contribution in [1.29, 1.82) is 0 Å². The predicted molar refractivity (Wildman–Crippen MR) is 89.8 cm³/mol. The second kappa shape index (κ2) is 6.70. The minimum absolute atomic E-state index is 0.0860. The summed E-state index contributed by atoms with van der Waals surface area (Å²) in [5.41, 5.74) is 0. The molecule has 2 aliphatic carbocycles. The van der Waals surface area contributed by atoms with Crippen molar-refractivity contribution in [1.82, 2.24) is 19.7 Å². The second-order valence-electron chi connectivity index (χ2n) is 7.50. The quantitative estimate of drug-likeness (QED) is 0.923. The minimum Gasteiger partial charge on any atom is -0.371 e. The third-order valence-electron chi connectivity index (χ3n) is 5.40. The Balaban J connectivity index is 1.36. The molecular formula is C17H27N5O2. The number of nitrogens with one attached hydrogen (secondary N) is 1. The minimum atomic E-state index is -0.114. The zero-order chi connectivity index (χ0) is 16.5. The maximum atomic E-state index is 12.6. The van der Waals surface area contributed by atoms with Gasteiger partial charge in [-0.3, -0.25) is 5.32 Å². The summed E-state index contributed by atoms with van der Waals surface area (Å²) >= 11 is 0. The van der Waals surface area contributed by atoms with Crippen molar-refractivity contribution >= 4 is 12.0 Å². The van der Waals surface area contributed by atoms with Gasteiger partial charge in [-0.05, 0) is 38.5 Å². The van der Waals surface area contributed by atoms with Gasteiger partial charge in [-0.1, -0.05) is 19.3 Å². The fraction of sp³-hybridized carbons (Fsp3) is 0.824. The highest BCUT2D eigenvalue weighted by Gasteiger charge is 2.38. The number of hydrogen-bond donors (Lipinski definition) is 1. The van der Waals surface area contributed by atoms with Crippen molar-refractivity contribution in [2.24, 2.45) is 5.92 Å². The molecule has 7 heteroatoms. The number of morpholine rings is 1. The van der Waals surface area contributed by atoms with Crippen molar-refractivity contribution in [2.45, 2.75) is 70.1 Å². The first-order chi connectivity index (χ1) is 11.7. The van der Waals surface area contributed by atoms with Gasteiger partial charge in [-0.15, -0.1) is 5.10 Å². The highest BCUT2D eigenvalue weighted by Crippen LogP contribution is 2.36. The summed E-state index contributed by atoms with van der Waals surface area (Å²) < 4.78 is 7.89. The summed E-state index contributed by atoms with van der Waals surface area (Å²) in [5.74, 6) is 1.04. The topological polar surface area (TPSA) is 72.3 Å². The maximum Gasteiger partial charge on any atom is 0.324 e. The number of anilines is 1. The zero-order valence-electron chi connectivity index (χ0n) is 14.4. The fourth-order valence-corrected chi connectivity index (χ4v) is 3.91. The van der Waals surface area contributed by atoms with Crippen molar-refractivity contribution in [3.05, 3.63) is 6.33 Å². The smallest absolute Gasteiger partial charge is 0.324 e. The number of amides is 2. The molecular weight excluding hydrogens is 306 g/mol. The van der Waals surface area contributed by atoms with E-state index in [1.807, 2.05) is 16.5 Å². The van der Waals surface area contributed by atoms with Crippen LogP contribution >= 0.6 is 0 Å². The summed E-state index contributed by atoms with van der Waals surface area (Å²) in [6.07, 6.45) is 10.6. The van der Waals surface area contributed by atoms with Gasteiger partial charge in [0, 0.05) is 13.1 Å². The Morgan fingerprint density at radius 3 is 2.75 bits per heavy atom. The molecule has 3 aliphatic rings. The van der Waals surface area contributed by atoms with Crippen molar-refractivity contribution in [3.63, 3.8) is 0 Å². The van der Waals surface area contributed by atoms with E-state index in [4.69, 9.17) is 4.74 Å². The molecule has 2 amide bonds. The molecule has 0 unspecified atom stereocenters. The third-order valence-corrected chi connectivity index (χ3v) is 5.40. The first-order valence-electron chi connectivity index (χ1n) is 9.31. The number of carbonyl (C=O) groups excluding carboxylic acids is 1. The average Bonchev–Trinajstić information content (AvgIpc) is 3.35. The van der Waals surface area contributed by atoms with Crippen LogP contribution < -0.4 is 5.32 Å². The lowest BCUT2D eigenvalue weighted by Crippen LogP contribution is -2.51. The van der Waals surface area contributed by atoms with E-state index >= 15 is 0 Å². The lowest BCUT2D eigenvalue weighted by Gasteiger charge is -2.36. The molecule has 2 atom stereocenters. The number of hydrogen-bond acceptors (Lipinski definition) is 4. The highest BCUT2D eigenvalue weighted by atomic mass is 16.5. The van der Waals surface area contributed by atoms with Gasteiger partial charge < -0.3 is 9.64 Å². The van der Waals surface area contributed by atoms with E-state index < -0.39 is 0 Å². The molecule has 0 aromatic carbocycles. The van der Waals surface area contributed by atoms with Crippen LogP contribution in [0.3, 0.4) is 0 Å². The summed E-state index contributed by atoms with van der Waals surface area (Å²) in [6.45, 7) is 3.33.